The third-order valence-electron chi connectivity index (χ3n) is 1.76. The molecule has 1 aromatic heterocycles. The van der Waals surface area contributed by atoms with Crippen molar-refractivity contribution in [3.8, 4) is 0 Å². The van der Waals surface area contributed by atoms with Crippen LogP contribution in [0.5, 0.6) is 0 Å². The summed E-state index contributed by atoms with van der Waals surface area (Å²) in [5.74, 6) is -0.164. The molecule has 0 saturated carbocycles. The van der Waals surface area contributed by atoms with E-state index in [1.165, 1.54) is 7.11 Å². The zero-order chi connectivity index (χ0) is 9.68. The molecule has 0 radical (unpaired) electrons. The quantitative estimate of drug-likeness (QED) is 0.586. The van der Waals surface area contributed by atoms with Crippen molar-refractivity contribution < 1.29 is 9.53 Å². The van der Waals surface area contributed by atoms with Gasteiger partial charge in [0.05, 0.1) is 13.0 Å². The maximum Gasteiger partial charge on any atom is 0.314 e. The molecule has 4 heteroatoms. The summed E-state index contributed by atoms with van der Waals surface area (Å²) in [6, 6.07) is 3.62. The molecule has 1 aromatic rings. The molecule has 0 amide bonds. The Kier molecular flexibility index (Phi) is 3.76. The van der Waals surface area contributed by atoms with Crippen molar-refractivity contribution in [2.75, 3.05) is 12.9 Å². The monoisotopic (exact) mass is 197 g/mol. The molecule has 1 unspecified atom stereocenters. The molecule has 1 atom stereocenters. The molecule has 0 aliphatic carbocycles. The molecule has 0 aromatic carbocycles. The topological polar surface area (TPSA) is 39.2 Å². The molecular formula is C9H11NO2S. The maximum absolute atomic E-state index is 11.2. The Morgan fingerprint density at radius 1 is 1.77 bits per heavy atom. The minimum atomic E-state index is -0.318. The van der Waals surface area contributed by atoms with E-state index in [2.05, 4.69) is 22.3 Å². The first-order chi connectivity index (χ1) is 6.29. The molecule has 0 aliphatic rings. The molecule has 70 valence electrons. The smallest absolute Gasteiger partial charge is 0.314 e. The lowest BCUT2D eigenvalue weighted by molar-refractivity contribution is -0.141. The zero-order valence-corrected chi connectivity index (χ0v) is 8.20. The van der Waals surface area contributed by atoms with E-state index < -0.39 is 0 Å². The molecule has 0 spiro atoms. The normalized spacial score (nSPS) is 12.2. The van der Waals surface area contributed by atoms with Crippen molar-refractivity contribution in [1.82, 2.24) is 4.98 Å². The lowest BCUT2D eigenvalue weighted by Crippen LogP contribution is -2.15. The number of aromatic nitrogens is 1. The van der Waals surface area contributed by atoms with Crippen molar-refractivity contribution in [3.05, 3.63) is 30.1 Å². The highest BCUT2D eigenvalue weighted by molar-refractivity contribution is 7.80. The summed E-state index contributed by atoms with van der Waals surface area (Å²) in [6.45, 7) is 0. The summed E-state index contributed by atoms with van der Waals surface area (Å²) in [6.07, 6.45) is 3.31. The van der Waals surface area contributed by atoms with Crippen LogP contribution < -0.4 is 0 Å². The van der Waals surface area contributed by atoms with Gasteiger partial charge in [-0.3, -0.25) is 9.78 Å². The first-order valence-corrected chi connectivity index (χ1v) is 4.51. The molecule has 0 saturated heterocycles. The number of thiol groups is 1. The van der Waals surface area contributed by atoms with Crippen molar-refractivity contribution in [2.45, 2.75) is 5.92 Å². The number of nitrogens with zero attached hydrogens (tertiary/aromatic N) is 1. The number of carbonyl (C=O) groups is 1. The summed E-state index contributed by atoms with van der Waals surface area (Å²) >= 11 is 4.09. The van der Waals surface area contributed by atoms with Gasteiger partial charge >= 0.3 is 5.97 Å². The number of pyridine rings is 1. The number of esters is 1. The van der Waals surface area contributed by atoms with Crippen LogP contribution in [-0.2, 0) is 9.53 Å². The molecule has 0 N–H and O–H groups in total. The minimum Gasteiger partial charge on any atom is -0.469 e. The minimum absolute atomic E-state index is 0.275. The molecule has 3 nitrogen and oxygen atoms in total. The standard InChI is InChI=1S/C9H11NO2S/c1-12-9(11)8(6-13)7-3-2-4-10-5-7/h2-5,8,13H,6H2,1H3. The van der Waals surface area contributed by atoms with Crippen molar-refractivity contribution >= 4 is 18.6 Å². The third-order valence-corrected chi connectivity index (χ3v) is 2.12. The van der Waals surface area contributed by atoms with Gasteiger partial charge in [0.1, 0.15) is 0 Å². The number of carbonyl (C=O) groups excluding carboxylic acids is 1. The Balaban J connectivity index is 2.85. The van der Waals surface area contributed by atoms with E-state index in [1.54, 1.807) is 18.5 Å². The molecular weight excluding hydrogens is 186 g/mol. The first kappa shape index (κ1) is 10.1. The fraction of sp³-hybridized carbons (Fsp3) is 0.333. The number of rotatable bonds is 3. The summed E-state index contributed by atoms with van der Waals surface area (Å²) in [7, 11) is 1.37. The number of hydrogen-bond acceptors (Lipinski definition) is 4. The highest BCUT2D eigenvalue weighted by Crippen LogP contribution is 2.17. The molecule has 13 heavy (non-hydrogen) atoms. The lowest BCUT2D eigenvalue weighted by atomic mass is 10.0. The Morgan fingerprint density at radius 2 is 2.54 bits per heavy atom. The van der Waals surface area contributed by atoms with Crippen molar-refractivity contribution in [2.24, 2.45) is 0 Å². The van der Waals surface area contributed by atoms with E-state index in [0.717, 1.165) is 5.56 Å². The average molecular weight is 197 g/mol. The zero-order valence-electron chi connectivity index (χ0n) is 7.30. The Labute approximate surface area is 82.5 Å². The van der Waals surface area contributed by atoms with Gasteiger partial charge in [-0.2, -0.15) is 12.6 Å². The maximum atomic E-state index is 11.2. The largest absolute Gasteiger partial charge is 0.469 e. The van der Waals surface area contributed by atoms with Crippen LogP contribution >= 0.6 is 12.6 Å². The van der Waals surface area contributed by atoms with Crippen LogP contribution in [0, 0.1) is 0 Å². The molecule has 1 heterocycles. The van der Waals surface area contributed by atoms with Gasteiger partial charge in [0.2, 0.25) is 0 Å². The van der Waals surface area contributed by atoms with Gasteiger partial charge in [-0.15, -0.1) is 0 Å². The van der Waals surface area contributed by atoms with Gasteiger partial charge in [-0.25, -0.2) is 0 Å². The van der Waals surface area contributed by atoms with Gasteiger partial charge in [-0.1, -0.05) is 6.07 Å². The van der Waals surface area contributed by atoms with Crippen LogP contribution in [0.2, 0.25) is 0 Å². The van der Waals surface area contributed by atoms with Gasteiger partial charge in [0, 0.05) is 18.1 Å². The van der Waals surface area contributed by atoms with Crippen LogP contribution in [-0.4, -0.2) is 23.8 Å². The predicted molar refractivity (Wildman–Crippen MR) is 52.8 cm³/mol. The summed E-state index contributed by atoms with van der Waals surface area (Å²) < 4.78 is 4.64. The molecule has 0 fully saturated rings. The third kappa shape index (κ3) is 2.45. The summed E-state index contributed by atoms with van der Waals surface area (Å²) in [5, 5.41) is 0. The SMILES string of the molecule is COC(=O)C(CS)c1cccnc1. The second-order valence-corrected chi connectivity index (χ2v) is 2.91. The molecule has 0 aliphatic heterocycles. The van der Waals surface area contributed by atoms with Crippen LogP contribution in [0.3, 0.4) is 0 Å². The fourth-order valence-corrected chi connectivity index (χ4v) is 1.40. The average Bonchev–Trinajstić information content (AvgIpc) is 2.20. The van der Waals surface area contributed by atoms with Crippen LogP contribution in [0.25, 0.3) is 0 Å². The number of ether oxygens (including phenoxy) is 1. The van der Waals surface area contributed by atoms with Crippen molar-refractivity contribution in [1.29, 1.82) is 0 Å². The van der Waals surface area contributed by atoms with E-state index in [1.807, 2.05) is 6.07 Å². The molecule has 1 rings (SSSR count). The first-order valence-electron chi connectivity index (χ1n) is 3.88. The number of methoxy groups -OCH3 is 1. The number of hydrogen-bond donors (Lipinski definition) is 1. The highest BCUT2D eigenvalue weighted by Gasteiger charge is 2.19. The second-order valence-electron chi connectivity index (χ2n) is 2.54. The second kappa shape index (κ2) is 4.87. The van der Waals surface area contributed by atoms with Crippen LogP contribution in [0.15, 0.2) is 24.5 Å². The lowest BCUT2D eigenvalue weighted by Gasteiger charge is -2.10. The van der Waals surface area contributed by atoms with E-state index in [9.17, 15) is 4.79 Å². The van der Waals surface area contributed by atoms with E-state index in [-0.39, 0.29) is 11.9 Å². The summed E-state index contributed by atoms with van der Waals surface area (Å²) in [5.41, 5.74) is 0.837. The van der Waals surface area contributed by atoms with E-state index in [4.69, 9.17) is 0 Å². The highest BCUT2D eigenvalue weighted by atomic mass is 32.1. The predicted octanol–water partition coefficient (Wildman–Crippen LogP) is 1.27. The Morgan fingerprint density at radius 3 is 3.00 bits per heavy atom. The Hall–Kier alpha value is -1.03. The van der Waals surface area contributed by atoms with Gasteiger partial charge in [0.25, 0.3) is 0 Å². The van der Waals surface area contributed by atoms with Crippen molar-refractivity contribution in [3.63, 3.8) is 0 Å². The van der Waals surface area contributed by atoms with E-state index in [0.29, 0.717) is 5.75 Å². The fourth-order valence-electron chi connectivity index (χ4n) is 1.04. The molecule has 0 bridgehead atoms. The summed E-state index contributed by atoms with van der Waals surface area (Å²) in [4.78, 5) is 15.2. The van der Waals surface area contributed by atoms with Crippen LogP contribution in [0.4, 0.5) is 0 Å². The van der Waals surface area contributed by atoms with Crippen LogP contribution in [0.1, 0.15) is 11.5 Å². The Bertz CT molecular complexity index is 276. The van der Waals surface area contributed by atoms with E-state index >= 15 is 0 Å². The van der Waals surface area contributed by atoms with Gasteiger partial charge < -0.3 is 4.74 Å². The van der Waals surface area contributed by atoms with Gasteiger partial charge in [0.15, 0.2) is 0 Å². The van der Waals surface area contributed by atoms with Gasteiger partial charge in [-0.05, 0) is 11.6 Å².